The molecule has 0 amide bonds. The van der Waals surface area contributed by atoms with E-state index in [0.717, 1.165) is 105 Å². The van der Waals surface area contributed by atoms with E-state index in [1.54, 1.807) is 30.3 Å². The van der Waals surface area contributed by atoms with Gasteiger partial charge < -0.3 is 10.4 Å². The zero-order valence-corrected chi connectivity index (χ0v) is 32.3. The first-order chi connectivity index (χ1) is 27.2. The molecule has 0 aliphatic heterocycles. The highest BCUT2D eigenvalue weighted by Gasteiger charge is 2.28. The lowest BCUT2D eigenvalue weighted by molar-refractivity contribution is -0.136. The quantitative estimate of drug-likeness (QED) is 0.0421. The van der Waals surface area contributed by atoms with Crippen molar-refractivity contribution < 1.29 is 45.0 Å². The summed E-state index contributed by atoms with van der Waals surface area (Å²) in [5.74, 6) is -3.29. The minimum atomic E-state index is -4.10. The van der Waals surface area contributed by atoms with E-state index in [4.69, 9.17) is 0 Å². The summed E-state index contributed by atoms with van der Waals surface area (Å²) < 4.78 is 105. The number of unbranched alkanes of at least 4 members (excludes halogenated alkanes) is 12. The van der Waals surface area contributed by atoms with Crippen LogP contribution < -0.4 is 5.32 Å². The summed E-state index contributed by atoms with van der Waals surface area (Å²) >= 11 is 0. The molecule has 1 unspecified atom stereocenters. The van der Waals surface area contributed by atoms with Crippen LogP contribution in [-0.4, -0.2) is 23.2 Å². The molecule has 0 saturated heterocycles. The van der Waals surface area contributed by atoms with Crippen molar-refractivity contribution in [2.45, 2.75) is 134 Å². The number of carbonyl (C=O) groups excluding carboxylic acids is 1. The van der Waals surface area contributed by atoms with E-state index in [9.17, 15) is 40.6 Å². The van der Waals surface area contributed by atoms with Gasteiger partial charge in [-0.25, -0.2) is 8.78 Å². The molecule has 57 heavy (non-hydrogen) atoms. The number of hydrogen-bond donors (Lipinski definition) is 2. The number of rotatable bonds is 24. The third kappa shape index (κ3) is 15.9. The first-order valence-corrected chi connectivity index (χ1v) is 20.1. The summed E-state index contributed by atoms with van der Waals surface area (Å²) in [4.78, 5) is 13.0. The fourth-order valence-corrected chi connectivity index (χ4v) is 7.02. The van der Waals surface area contributed by atoms with Crippen LogP contribution in [0.3, 0.4) is 0 Å². The Kier molecular flexibility index (Phi) is 18.0. The van der Waals surface area contributed by atoms with Crippen molar-refractivity contribution in [3.05, 3.63) is 119 Å². The Morgan fingerprint density at radius 3 is 1.68 bits per heavy atom. The van der Waals surface area contributed by atoms with Crippen molar-refractivity contribution in [1.82, 2.24) is 0 Å². The van der Waals surface area contributed by atoms with Gasteiger partial charge >= 0.3 is 12.4 Å². The second kappa shape index (κ2) is 22.6. The van der Waals surface area contributed by atoms with Gasteiger partial charge in [-0.05, 0) is 90.6 Å². The van der Waals surface area contributed by atoms with E-state index in [0.29, 0.717) is 18.5 Å². The number of alkyl halides is 6. The number of aryl methyl sites for hydroxylation is 2. The van der Waals surface area contributed by atoms with Crippen LogP contribution in [0.2, 0.25) is 0 Å². The van der Waals surface area contributed by atoms with Gasteiger partial charge in [0.05, 0.1) is 11.3 Å². The van der Waals surface area contributed by atoms with E-state index in [1.807, 2.05) is 12.1 Å². The van der Waals surface area contributed by atoms with Crippen LogP contribution in [0.1, 0.15) is 136 Å². The molecule has 3 nitrogen and oxygen atoms in total. The molecule has 0 bridgehead atoms. The molecule has 310 valence electrons. The Hall–Kier alpha value is -4.25. The number of ketones is 1. The average Bonchev–Trinajstić information content (AvgIpc) is 3.17. The molecule has 0 spiro atoms. The number of aliphatic hydroxyl groups excluding tert-OH is 1. The second-order valence-electron chi connectivity index (χ2n) is 14.8. The van der Waals surface area contributed by atoms with Gasteiger partial charge in [-0.2, -0.15) is 26.3 Å². The van der Waals surface area contributed by atoms with Crippen LogP contribution >= 0.6 is 0 Å². The molecule has 11 heteroatoms. The monoisotopic (exact) mass is 803 g/mol. The van der Waals surface area contributed by atoms with Crippen molar-refractivity contribution in [3.8, 4) is 11.1 Å². The van der Waals surface area contributed by atoms with Crippen LogP contribution in [0.25, 0.3) is 11.1 Å². The number of Topliss-reactive ketones (excluding diaryl/α,β-unsaturated/α-hetero) is 1. The third-order valence-corrected chi connectivity index (χ3v) is 10.2. The fourth-order valence-electron chi connectivity index (χ4n) is 7.02. The van der Waals surface area contributed by atoms with Gasteiger partial charge in [0, 0.05) is 18.5 Å². The molecule has 0 aromatic heterocycles. The maximum atomic E-state index is 15.6. The summed E-state index contributed by atoms with van der Waals surface area (Å²) in [6.07, 6.45) is 0.833. The normalized spacial score (nSPS) is 12.5. The number of carbonyl (C=O) groups is 1. The van der Waals surface area contributed by atoms with Crippen molar-refractivity contribution in [2.75, 3.05) is 5.32 Å². The molecule has 1 atom stereocenters. The lowest BCUT2D eigenvalue weighted by atomic mass is 9.92. The van der Waals surface area contributed by atoms with E-state index in [-0.39, 0.29) is 24.1 Å². The zero-order valence-electron chi connectivity index (χ0n) is 32.3. The summed E-state index contributed by atoms with van der Waals surface area (Å²) in [6.45, 7) is 0. The molecule has 0 fully saturated rings. The summed E-state index contributed by atoms with van der Waals surface area (Å²) in [5.41, 5.74) is 4.03. The first kappa shape index (κ1) is 45.5. The van der Waals surface area contributed by atoms with E-state index in [1.165, 1.54) is 18.2 Å². The predicted octanol–water partition coefficient (Wildman–Crippen LogP) is 14.7. The highest BCUT2D eigenvalue weighted by molar-refractivity contribution is 6.01. The highest BCUT2D eigenvalue weighted by atomic mass is 19.4. The lowest BCUT2D eigenvalue weighted by Gasteiger charge is -2.15. The molecular formula is C46H53F8NO2. The summed E-state index contributed by atoms with van der Waals surface area (Å²) in [6, 6.07) is 23.8. The fraction of sp³-hybridized carbons (Fsp3) is 0.457. The van der Waals surface area contributed by atoms with Crippen molar-refractivity contribution >= 4 is 17.2 Å². The molecular weight excluding hydrogens is 750 g/mol. The SMILES string of the molecule is O=C(c1c(F)ccc(Nc2ccc(-c3cc(CCCCCCCCCC(F)(F)F)ccc3CCCCCCCCCC(F)(F)F)cc2)c1F)C(O)c1ccccc1. The average molecular weight is 804 g/mol. The summed E-state index contributed by atoms with van der Waals surface area (Å²) in [5, 5.41) is 13.5. The Bertz CT molecular complexity index is 1810. The lowest BCUT2D eigenvalue weighted by Crippen LogP contribution is -2.16. The molecule has 0 aliphatic carbocycles. The van der Waals surface area contributed by atoms with E-state index < -0.39 is 54.3 Å². The smallest absolute Gasteiger partial charge is 0.380 e. The van der Waals surface area contributed by atoms with Gasteiger partial charge in [-0.15, -0.1) is 0 Å². The Balaban J connectivity index is 1.40. The number of aliphatic hydroxyl groups is 1. The van der Waals surface area contributed by atoms with Gasteiger partial charge in [-0.3, -0.25) is 4.79 Å². The molecule has 0 saturated carbocycles. The van der Waals surface area contributed by atoms with E-state index in [2.05, 4.69) is 23.5 Å². The Morgan fingerprint density at radius 2 is 1.12 bits per heavy atom. The number of halogens is 8. The first-order valence-electron chi connectivity index (χ1n) is 20.1. The van der Waals surface area contributed by atoms with Crippen molar-refractivity contribution in [1.29, 1.82) is 0 Å². The Morgan fingerprint density at radius 1 is 0.596 bits per heavy atom. The highest BCUT2D eigenvalue weighted by Crippen LogP contribution is 2.32. The number of nitrogens with one attached hydrogen (secondary N) is 1. The van der Waals surface area contributed by atoms with Crippen LogP contribution in [0, 0.1) is 11.6 Å². The maximum Gasteiger partial charge on any atom is 0.389 e. The minimum absolute atomic E-state index is 0.128. The number of anilines is 2. The maximum absolute atomic E-state index is 15.6. The standard InChI is InChI=1S/C46H53F8NO2/c47-39-28-29-40(42(48)41(39)44(57)43(56)36-20-14-11-15-21-36)55-37-26-24-35(25-27-37)38-32-33(18-12-7-3-1-5-9-16-30-45(49,50)51)22-23-34(38)19-13-8-4-2-6-10-17-31-46(52,53)54/h11,14-15,20-29,32,43,55-56H,1-10,12-13,16-19,30-31H2. The predicted molar refractivity (Wildman–Crippen MR) is 211 cm³/mol. The van der Waals surface area contributed by atoms with Crippen molar-refractivity contribution in [2.24, 2.45) is 0 Å². The molecule has 2 N–H and O–H groups in total. The molecule has 4 aromatic rings. The van der Waals surface area contributed by atoms with Crippen LogP contribution in [-0.2, 0) is 12.8 Å². The summed E-state index contributed by atoms with van der Waals surface area (Å²) in [7, 11) is 0. The van der Waals surface area contributed by atoms with Crippen LogP contribution in [0.15, 0.2) is 84.9 Å². The zero-order chi connectivity index (χ0) is 41.3. The molecule has 4 rings (SSSR count). The van der Waals surface area contributed by atoms with E-state index >= 15 is 4.39 Å². The van der Waals surface area contributed by atoms with Gasteiger partial charge in [0.2, 0.25) is 5.78 Å². The van der Waals surface area contributed by atoms with Crippen molar-refractivity contribution in [3.63, 3.8) is 0 Å². The molecule has 0 radical (unpaired) electrons. The minimum Gasteiger partial charge on any atom is -0.380 e. The van der Waals surface area contributed by atoms with Crippen LogP contribution in [0.5, 0.6) is 0 Å². The van der Waals surface area contributed by atoms with Gasteiger partial charge in [0.25, 0.3) is 0 Å². The topological polar surface area (TPSA) is 49.3 Å². The van der Waals surface area contributed by atoms with Crippen LogP contribution in [0.4, 0.5) is 46.5 Å². The number of benzene rings is 4. The Labute approximate surface area is 330 Å². The second-order valence-corrected chi connectivity index (χ2v) is 14.8. The largest absolute Gasteiger partial charge is 0.389 e. The van der Waals surface area contributed by atoms with Gasteiger partial charge in [0.15, 0.2) is 5.82 Å². The van der Waals surface area contributed by atoms with Gasteiger partial charge in [0.1, 0.15) is 11.9 Å². The van der Waals surface area contributed by atoms with Gasteiger partial charge in [-0.1, -0.05) is 125 Å². The number of hydrogen-bond acceptors (Lipinski definition) is 3. The molecule has 4 aromatic carbocycles. The molecule has 0 heterocycles. The third-order valence-electron chi connectivity index (χ3n) is 10.2. The molecule has 0 aliphatic rings.